The molecular formula is C30H41Cl2F4N5O4S. The predicted octanol–water partition coefficient (Wildman–Crippen LogP) is 5.00. The smallest absolute Gasteiger partial charge is 0.340 e. The van der Waals surface area contributed by atoms with E-state index in [1.807, 2.05) is 25.1 Å². The standard InChI is InChI=1S/C28H34Cl2F4N4O4S.C2H7N/c1-35(16-19-5-7-22(25(31)14-19)28(32,33)34)26-18-37(17-21(26)20-6-8-23(29)24(30)15-20)27(39)4-2-3-9-36-10-12-38(13-11-36)43(40,41)42;1-3-2/h5-8,14-15,21,26H,2-4,9-13,16-18H2,1H3,(H,40,41,42);3H,1-2H3. The van der Waals surface area contributed by atoms with Gasteiger partial charge in [0.2, 0.25) is 5.91 Å². The second-order valence-corrected chi connectivity index (χ2v) is 13.8. The number of rotatable bonds is 10. The molecule has 0 bridgehead atoms. The third-order valence-corrected chi connectivity index (χ3v) is 9.88. The number of unbranched alkanes of at least 4 members (excludes halogenated alkanes) is 1. The molecule has 1 amide bonds. The van der Waals surface area contributed by atoms with Gasteiger partial charge in [-0.1, -0.05) is 35.3 Å². The molecule has 2 aromatic carbocycles. The Kier molecular flexibility index (Phi) is 14.1. The molecule has 2 aliphatic heterocycles. The minimum atomic E-state index is -4.78. The van der Waals surface area contributed by atoms with E-state index >= 15 is 0 Å². The van der Waals surface area contributed by atoms with Crippen LogP contribution < -0.4 is 5.32 Å². The molecular weight excluding hydrogens is 673 g/mol. The number of likely N-dealkylation sites (N-methyl/N-ethyl adjacent to an activating group) is 1. The number of nitrogens with one attached hydrogen (secondary N) is 1. The summed E-state index contributed by atoms with van der Waals surface area (Å²) in [7, 11) is 1.36. The third-order valence-electron chi connectivity index (χ3n) is 8.12. The number of nitrogens with zero attached hydrogens (tertiary/aromatic N) is 4. The maximum Gasteiger partial charge on any atom is 0.419 e. The Hall–Kier alpha value is -2.04. The van der Waals surface area contributed by atoms with Crippen molar-refractivity contribution in [2.45, 2.75) is 43.9 Å². The van der Waals surface area contributed by atoms with Gasteiger partial charge in [0.15, 0.2) is 0 Å². The van der Waals surface area contributed by atoms with Crippen LogP contribution in [0.1, 0.15) is 41.9 Å². The molecule has 2 aliphatic rings. The van der Waals surface area contributed by atoms with Crippen LogP contribution in [0.3, 0.4) is 0 Å². The number of hydrogen-bond donors (Lipinski definition) is 2. The fourth-order valence-electron chi connectivity index (χ4n) is 5.75. The first-order valence-electron chi connectivity index (χ1n) is 14.9. The molecule has 258 valence electrons. The molecule has 9 nitrogen and oxygen atoms in total. The average Bonchev–Trinajstić information content (AvgIpc) is 3.42. The number of amides is 1. The van der Waals surface area contributed by atoms with Gasteiger partial charge in [0.05, 0.1) is 15.6 Å². The van der Waals surface area contributed by atoms with Crippen LogP contribution in [0, 0.1) is 5.82 Å². The van der Waals surface area contributed by atoms with Gasteiger partial charge in [-0.25, -0.2) is 4.39 Å². The lowest BCUT2D eigenvalue weighted by atomic mass is 9.93. The average molecular weight is 715 g/mol. The van der Waals surface area contributed by atoms with Gasteiger partial charge in [-0.15, -0.1) is 0 Å². The molecule has 0 aliphatic carbocycles. The second-order valence-electron chi connectivity index (χ2n) is 11.5. The highest BCUT2D eigenvalue weighted by atomic mass is 35.5. The van der Waals surface area contributed by atoms with Gasteiger partial charge in [0.25, 0.3) is 0 Å². The maximum atomic E-state index is 14.2. The van der Waals surface area contributed by atoms with Crippen LogP contribution in [-0.2, 0) is 27.8 Å². The molecule has 16 heteroatoms. The monoisotopic (exact) mass is 713 g/mol. The van der Waals surface area contributed by atoms with Gasteiger partial charge in [-0.2, -0.15) is 25.9 Å². The molecule has 46 heavy (non-hydrogen) atoms. The predicted molar refractivity (Wildman–Crippen MR) is 171 cm³/mol. The Labute approximate surface area is 278 Å². The second kappa shape index (κ2) is 16.9. The fourth-order valence-corrected chi connectivity index (χ4v) is 6.68. The van der Waals surface area contributed by atoms with E-state index in [4.69, 9.17) is 27.8 Å². The molecule has 2 aromatic rings. The third kappa shape index (κ3) is 10.7. The van der Waals surface area contributed by atoms with Gasteiger partial charge in [0.1, 0.15) is 5.82 Å². The van der Waals surface area contributed by atoms with Crippen molar-refractivity contribution in [1.82, 2.24) is 24.3 Å². The highest BCUT2D eigenvalue weighted by Gasteiger charge is 2.39. The van der Waals surface area contributed by atoms with Crippen molar-refractivity contribution in [3.05, 3.63) is 69.0 Å². The summed E-state index contributed by atoms with van der Waals surface area (Å²) >= 11 is 12.4. The van der Waals surface area contributed by atoms with E-state index in [-0.39, 0.29) is 37.5 Å². The first-order chi connectivity index (χ1) is 21.5. The number of likely N-dealkylation sites (tertiary alicyclic amines) is 1. The highest BCUT2D eigenvalue weighted by molar-refractivity contribution is 7.83. The highest BCUT2D eigenvalue weighted by Crippen LogP contribution is 2.36. The summed E-state index contributed by atoms with van der Waals surface area (Å²) < 4.78 is 86.1. The zero-order chi connectivity index (χ0) is 34.2. The van der Waals surface area contributed by atoms with E-state index in [9.17, 15) is 30.8 Å². The molecule has 2 saturated heterocycles. The summed E-state index contributed by atoms with van der Waals surface area (Å²) in [6.07, 6.45) is -3.08. The SMILES string of the molecule is CN(Cc1ccc(C(F)(F)F)c(F)c1)C1CN(C(=O)CCCCN2CCN(S(=O)(=O)O)CC2)CC1c1ccc(Cl)c(Cl)c1.CNC. The van der Waals surface area contributed by atoms with E-state index in [1.165, 1.54) is 6.07 Å². The Balaban J connectivity index is 0.00000185. The lowest BCUT2D eigenvalue weighted by Crippen LogP contribution is -2.48. The molecule has 0 aromatic heterocycles. The number of benzene rings is 2. The largest absolute Gasteiger partial charge is 0.419 e. The Morgan fingerprint density at radius 3 is 2.24 bits per heavy atom. The zero-order valence-electron chi connectivity index (χ0n) is 26.0. The maximum absolute atomic E-state index is 14.2. The van der Waals surface area contributed by atoms with E-state index in [1.54, 1.807) is 24.1 Å². The number of alkyl halides is 3. The van der Waals surface area contributed by atoms with Crippen molar-refractivity contribution < 1.29 is 35.3 Å². The van der Waals surface area contributed by atoms with Gasteiger partial charge in [-0.3, -0.25) is 14.2 Å². The molecule has 2 N–H and O–H groups in total. The van der Waals surface area contributed by atoms with Crippen LogP contribution in [0.4, 0.5) is 17.6 Å². The van der Waals surface area contributed by atoms with Crippen LogP contribution in [0.5, 0.6) is 0 Å². The Bertz CT molecular complexity index is 1430. The quantitative estimate of drug-likeness (QED) is 0.203. The molecule has 0 spiro atoms. The molecule has 2 fully saturated rings. The molecule has 2 unspecified atom stereocenters. The zero-order valence-corrected chi connectivity index (χ0v) is 28.4. The van der Waals surface area contributed by atoms with Crippen molar-refractivity contribution >= 4 is 39.4 Å². The van der Waals surface area contributed by atoms with Crippen molar-refractivity contribution in [2.24, 2.45) is 0 Å². The molecule has 2 atom stereocenters. The van der Waals surface area contributed by atoms with Crippen molar-refractivity contribution in [3.8, 4) is 0 Å². The summed E-state index contributed by atoms with van der Waals surface area (Å²) in [4.78, 5) is 19.0. The van der Waals surface area contributed by atoms with Gasteiger partial charge < -0.3 is 15.1 Å². The molecule has 2 heterocycles. The summed E-state index contributed by atoms with van der Waals surface area (Å²) in [5.41, 5.74) is -0.0714. The number of halogens is 6. The van der Waals surface area contributed by atoms with E-state index in [2.05, 4.69) is 10.2 Å². The van der Waals surface area contributed by atoms with Crippen molar-refractivity contribution in [2.75, 3.05) is 67.0 Å². The molecule has 4 rings (SSSR count). The molecule has 0 radical (unpaired) electrons. The van der Waals surface area contributed by atoms with Gasteiger partial charge in [0, 0.05) is 64.2 Å². The minimum absolute atomic E-state index is 0.0299. The fraction of sp³-hybridized carbons (Fsp3) is 0.567. The van der Waals surface area contributed by atoms with Crippen LogP contribution in [0.2, 0.25) is 10.0 Å². The van der Waals surface area contributed by atoms with Crippen LogP contribution >= 0.6 is 23.2 Å². The van der Waals surface area contributed by atoms with Crippen molar-refractivity contribution in [3.63, 3.8) is 0 Å². The summed E-state index contributed by atoms with van der Waals surface area (Å²) in [5.74, 6) is -1.53. The topological polar surface area (TPSA) is 96.4 Å². The summed E-state index contributed by atoms with van der Waals surface area (Å²) in [6, 6.07) is 7.96. The number of hydrogen-bond acceptors (Lipinski definition) is 6. The van der Waals surface area contributed by atoms with E-state index < -0.39 is 27.9 Å². The minimum Gasteiger partial charge on any atom is -0.340 e. The summed E-state index contributed by atoms with van der Waals surface area (Å²) in [6.45, 7) is 3.10. The van der Waals surface area contributed by atoms with E-state index in [0.717, 1.165) is 28.4 Å². The molecule has 0 saturated carbocycles. The van der Waals surface area contributed by atoms with Crippen LogP contribution in [0.25, 0.3) is 0 Å². The lowest BCUT2D eigenvalue weighted by Gasteiger charge is -2.32. The Morgan fingerprint density at radius 2 is 1.67 bits per heavy atom. The van der Waals surface area contributed by atoms with Gasteiger partial charge in [-0.05, 0) is 75.9 Å². The van der Waals surface area contributed by atoms with E-state index in [0.29, 0.717) is 61.2 Å². The normalized spacial score (nSPS) is 19.8. The number of carbonyl (C=O) groups is 1. The van der Waals surface area contributed by atoms with Crippen molar-refractivity contribution in [1.29, 1.82) is 0 Å². The lowest BCUT2D eigenvalue weighted by molar-refractivity contribution is -0.140. The van der Waals surface area contributed by atoms with Crippen LogP contribution in [-0.4, -0.2) is 111 Å². The van der Waals surface area contributed by atoms with Crippen LogP contribution in [0.15, 0.2) is 36.4 Å². The first kappa shape index (κ1) is 38.4. The number of carbonyl (C=O) groups excluding carboxylic acids is 1. The number of piperazine rings is 1. The van der Waals surface area contributed by atoms with Gasteiger partial charge >= 0.3 is 16.5 Å². The summed E-state index contributed by atoms with van der Waals surface area (Å²) in [5, 5.41) is 3.51. The Morgan fingerprint density at radius 1 is 1.02 bits per heavy atom. The first-order valence-corrected chi connectivity index (χ1v) is 17.0.